The van der Waals surface area contributed by atoms with Gasteiger partial charge in [0.05, 0.1) is 18.8 Å². The van der Waals surface area contributed by atoms with Crippen LogP contribution in [0.2, 0.25) is 0 Å². The van der Waals surface area contributed by atoms with Crippen LogP contribution in [-0.4, -0.2) is 60.5 Å². The van der Waals surface area contributed by atoms with Crippen molar-refractivity contribution in [3.05, 3.63) is 15.6 Å². The molecular weight excluding hydrogens is 360 g/mol. The maximum atomic E-state index is 11.9. The number of carbonyl (C=O) groups is 1. The number of nitrogens with one attached hydrogen (secondary N) is 3. The van der Waals surface area contributed by atoms with E-state index in [1.54, 1.807) is 11.3 Å². The molecule has 3 N–H and O–H groups in total. The molecule has 0 radical (unpaired) electrons. The number of aryl methyl sites for hydroxylation is 2. The summed E-state index contributed by atoms with van der Waals surface area (Å²) in [6, 6.07) is 0.387. The number of rotatable bonds is 8. The SMILES string of the molecule is CCCNC(=O)CN1CCC(NC(=NCc2nc(C)c(C)s2)NCC)CC1. The second-order valence-electron chi connectivity index (χ2n) is 6.99. The smallest absolute Gasteiger partial charge is 0.234 e. The standard InChI is InChI=1S/C19H34N6OS/c1-5-9-21-17(26)13-25-10-7-16(8-11-25)24-19(20-6-2)22-12-18-23-14(3)15(4)27-18/h16H,5-13H2,1-4H3,(H,21,26)(H2,20,22,24). The van der Waals surface area contributed by atoms with Crippen LogP contribution >= 0.6 is 11.3 Å². The van der Waals surface area contributed by atoms with Crippen LogP contribution in [0.5, 0.6) is 0 Å². The fourth-order valence-electron chi connectivity index (χ4n) is 3.03. The van der Waals surface area contributed by atoms with Gasteiger partial charge in [-0.15, -0.1) is 11.3 Å². The quantitative estimate of drug-likeness (QED) is 0.463. The fourth-order valence-corrected chi connectivity index (χ4v) is 3.88. The second-order valence-corrected chi connectivity index (χ2v) is 8.28. The van der Waals surface area contributed by atoms with E-state index >= 15 is 0 Å². The van der Waals surface area contributed by atoms with Gasteiger partial charge in [0.25, 0.3) is 0 Å². The number of hydrogen-bond donors (Lipinski definition) is 3. The molecule has 1 fully saturated rings. The van der Waals surface area contributed by atoms with Gasteiger partial charge < -0.3 is 16.0 Å². The van der Waals surface area contributed by atoms with Crippen molar-refractivity contribution >= 4 is 23.2 Å². The second kappa shape index (κ2) is 11.2. The summed E-state index contributed by atoms with van der Waals surface area (Å²) in [7, 11) is 0. The van der Waals surface area contributed by atoms with E-state index in [1.165, 1.54) is 4.88 Å². The number of thiazole rings is 1. The molecule has 0 unspecified atom stereocenters. The van der Waals surface area contributed by atoms with E-state index in [0.717, 1.165) is 62.1 Å². The normalized spacial score (nSPS) is 16.4. The van der Waals surface area contributed by atoms with Gasteiger partial charge in [-0.2, -0.15) is 0 Å². The lowest BCUT2D eigenvalue weighted by atomic mass is 10.1. The van der Waals surface area contributed by atoms with Gasteiger partial charge in [0.1, 0.15) is 5.01 Å². The Morgan fingerprint density at radius 1 is 1.26 bits per heavy atom. The molecule has 2 rings (SSSR count). The molecule has 27 heavy (non-hydrogen) atoms. The molecular formula is C19H34N6OS. The summed E-state index contributed by atoms with van der Waals surface area (Å²) in [5.41, 5.74) is 1.10. The number of aromatic nitrogens is 1. The number of aliphatic imine (C=N–C) groups is 1. The minimum Gasteiger partial charge on any atom is -0.357 e. The van der Waals surface area contributed by atoms with Crippen molar-refractivity contribution in [3.63, 3.8) is 0 Å². The van der Waals surface area contributed by atoms with Gasteiger partial charge in [-0.25, -0.2) is 9.98 Å². The van der Waals surface area contributed by atoms with E-state index < -0.39 is 0 Å². The summed E-state index contributed by atoms with van der Waals surface area (Å²) in [5, 5.41) is 10.9. The van der Waals surface area contributed by atoms with Crippen molar-refractivity contribution < 1.29 is 4.79 Å². The van der Waals surface area contributed by atoms with E-state index in [0.29, 0.717) is 19.1 Å². The summed E-state index contributed by atoms with van der Waals surface area (Å²) in [6.07, 6.45) is 3.01. The molecule has 0 saturated carbocycles. The molecule has 1 saturated heterocycles. The van der Waals surface area contributed by atoms with Gasteiger partial charge in [-0.3, -0.25) is 9.69 Å². The van der Waals surface area contributed by atoms with Crippen LogP contribution in [0.15, 0.2) is 4.99 Å². The number of guanidine groups is 1. The van der Waals surface area contributed by atoms with Crippen LogP contribution in [0.25, 0.3) is 0 Å². The summed E-state index contributed by atoms with van der Waals surface area (Å²) < 4.78 is 0. The Hall–Kier alpha value is -1.67. The number of nitrogens with zero attached hydrogens (tertiary/aromatic N) is 3. The zero-order valence-corrected chi connectivity index (χ0v) is 17.9. The molecule has 0 aromatic carbocycles. The molecule has 2 heterocycles. The summed E-state index contributed by atoms with van der Waals surface area (Å²) in [6.45, 7) is 12.8. The van der Waals surface area contributed by atoms with Gasteiger partial charge >= 0.3 is 0 Å². The predicted molar refractivity (Wildman–Crippen MR) is 112 cm³/mol. The van der Waals surface area contributed by atoms with Crippen molar-refractivity contribution in [1.29, 1.82) is 0 Å². The van der Waals surface area contributed by atoms with Crippen LogP contribution in [-0.2, 0) is 11.3 Å². The van der Waals surface area contributed by atoms with Crippen LogP contribution in [0.4, 0.5) is 0 Å². The lowest BCUT2D eigenvalue weighted by Gasteiger charge is -2.32. The van der Waals surface area contributed by atoms with E-state index in [4.69, 9.17) is 4.99 Å². The van der Waals surface area contributed by atoms with Gasteiger partial charge in [0.15, 0.2) is 5.96 Å². The Morgan fingerprint density at radius 2 is 2.00 bits per heavy atom. The third-order valence-corrected chi connectivity index (χ3v) is 5.71. The monoisotopic (exact) mass is 394 g/mol. The van der Waals surface area contributed by atoms with Gasteiger partial charge in [-0.1, -0.05) is 6.92 Å². The molecule has 7 nitrogen and oxygen atoms in total. The molecule has 8 heteroatoms. The molecule has 0 spiro atoms. The number of likely N-dealkylation sites (tertiary alicyclic amines) is 1. The maximum Gasteiger partial charge on any atom is 0.234 e. The van der Waals surface area contributed by atoms with Gasteiger partial charge in [-0.05, 0) is 40.0 Å². The highest BCUT2D eigenvalue weighted by atomic mass is 32.1. The minimum absolute atomic E-state index is 0.132. The van der Waals surface area contributed by atoms with Crippen molar-refractivity contribution in [2.45, 2.75) is 59.5 Å². The molecule has 1 aromatic rings. The highest BCUT2D eigenvalue weighted by Gasteiger charge is 2.21. The maximum absolute atomic E-state index is 11.9. The lowest BCUT2D eigenvalue weighted by Crippen LogP contribution is -2.50. The van der Waals surface area contributed by atoms with Crippen LogP contribution < -0.4 is 16.0 Å². The topological polar surface area (TPSA) is 81.7 Å². The average molecular weight is 395 g/mol. The largest absolute Gasteiger partial charge is 0.357 e. The van der Waals surface area contributed by atoms with Crippen LogP contribution in [0.3, 0.4) is 0 Å². The van der Waals surface area contributed by atoms with E-state index in [1.807, 2.05) is 6.92 Å². The van der Waals surface area contributed by atoms with Crippen LogP contribution in [0.1, 0.15) is 48.7 Å². The molecule has 1 aliphatic heterocycles. The van der Waals surface area contributed by atoms with E-state index in [-0.39, 0.29) is 5.91 Å². The third-order valence-electron chi connectivity index (χ3n) is 4.66. The Kier molecular flexibility index (Phi) is 9.00. The number of amides is 1. The highest BCUT2D eigenvalue weighted by molar-refractivity contribution is 7.11. The number of hydrogen-bond acceptors (Lipinski definition) is 5. The molecule has 0 aliphatic carbocycles. The third kappa shape index (κ3) is 7.46. The molecule has 0 atom stereocenters. The summed E-state index contributed by atoms with van der Waals surface area (Å²) in [5.74, 6) is 0.981. The van der Waals surface area contributed by atoms with Gasteiger partial charge in [0.2, 0.25) is 5.91 Å². The lowest BCUT2D eigenvalue weighted by molar-refractivity contribution is -0.122. The number of carbonyl (C=O) groups excluding carboxylic acids is 1. The Bertz CT molecular complexity index is 602. The average Bonchev–Trinajstić information content (AvgIpc) is 2.97. The Labute approximate surface area is 167 Å². The van der Waals surface area contributed by atoms with Crippen LogP contribution in [0, 0.1) is 13.8 Å². The zero-order chi connectivity index (χ0) is 19.6. The first-order chi connectivity index (χ1) is 13.0. The Morgan fingerprint density at radius 3 is 2.59 bits per heavy atom. The van der Waals surface area contributed by atoms with E-state index in [2.05, 4.69) is 46.6 Å². The highest BCUT2D eigenvalue weighted by Crippen LogP contribution is 2.17. The first kappa shape index (κ1) is 21.6. The summed E-state index contributed by atoms with van der Waals surface area (Å²) >= 11 is 1.71. The molecule has 152 valence electrons. The van der Waals surface area contributed by atoms with Crippen molar-refractivity contribution in [1.82, 2.24) is 25.8 Å². The fraction of sp³-hybridized carbons (Fsp3) is 0.737. The minimum atomic E-state index is 0.132. The first-order valence-electron chi connectivity index (χ1n) is 9.98. The molecule has 1 aliphatic rings. The molecule has 1 aromatic heterocycles. The van der Waals surface area contributed by atoms with E-state index in [9.17, 15) is 4.79 Å². The van der Waals surface area contributed by atoms with Gasteiger partial charge in [0, 0.05) is 37.1 Å². The predicted octanol–water partition coefficient (Wildman–Crippen LogP) is 1.81. The first-order valence-corrected chi connectivity index (χ1v) is 10.8. The number of piperidine rings is 1. The molecule has 1 amide bonds. The van der Waals surface area contributed by atoms with Crippen molar-refractivity contribution in [2.75, 3.05) is 32.7 Å². The molecule has 0 bridgehead atoms. The van der Waals surface area contributed by atoms with Crippen molar-refractivity contribution in [3.8, 4) is 0 Å². The van der Waals surface area contributed by atoms with Crippen molar-refractivity contribution in [2.24, 2.45) is 4.99 Å². The Balaban J connectivity index is 1.79. The summed E-state index contributed by atoms with van der Waals surface area (Å²) in [4.78, 5) is 24.6. The zero-order valence-electron chi connectivity index (χ0n) is 17.1.